The van der Waals surface area contributed by atoms with Crippen LogP contribution >= 0.6 is 11.8 Å². The van der Waals surface area contributed by atoms with Crippen molar-refractivity contribution in [3.05, 3.63) is 77.9 Å². The van der Waals surface area contributed by atoms with Crippen molar-refractivity contribution in [1.29, 1.82) is 0 Å². The van der Waals surface area contributed by atoms with Crippen molar-refractivity contribution in [3.8, 4) is 11.4 Å². The van der Waals surface area contributed by atoms with E-state index in [4.69, 9.17) is 0 Å². The van der Waals surface area contributed by atoms with Crippen molar-refractivity contribution in [3.63, 3.8) is 0 Å². The molecule has 3 aromatic rings. The van der Waals surface area contributed by atoms with E-state index in [2.05, 4.69) is 57.8 Å². The molecular weight excluding hydrogens is 380 g/mol. The minimum Gasteiger partial charge on any atom is -0.349 e. The normalized spacial score (nSPS) is 13.3. The molecule has 0 spiro atoms. The van der Waals surface area contributed by atoms with Crippen molar-refractivity contribution < 1.29 is 4.79 Å². The van der Waals surface area contributed by atoms with Gasteiger partial charge in [-0.3, -0.25) is 9.36 Å². The molecule has 2 aromatic carbocycles. The van der Waals surface area contributed by atoms with Crippen LogP contribution in [0.3, 0.4) is 0 Å². The van der Waals surface area contributed by atoms with Gasteiger partial charge in [0.2, 0.25) is 0 Å². The molecule has 0 radical (unpaired) electrons. The topological polar surface area (TPSA) is 59.8 Å². The van der Waals surface area contributed by atoms with E-state index in [1.165, 1.54) is 5.56 Å². The number of amides is 1. The van der Waals surface area contributed by atoms with E-state index in [9.17, 15) is 4.79 Å². The van der Waals surface area contributed by atoms with Gasteiger partial charge in [0.1, 0.15) is 0 Å². The standard InChI is InChI=1S/C23H24N4OS/c1-3-13-27-21(18-9-7-16(2)8-10-18)25-26-23(27)29-15-17-5-4-6-19(14-17)22(28)24-20-11-12-20/h3-10,14,20H,1,11-13,15H2,2H3,(H,24,28). The van der Waals surface area contributed by atoms with Gasteiger partial charge in [0.15, 0.2) is 11.0 Å². The molecular formula is C23H24N4OS. The van der Waals surface area contributed by atoms with Gasteiger partial charge in [-0.1, -0.05) is 59.8 Å². The van der Waals surface area contributed by atoms with Gasteiger partial charge in [0.05, 0.1) is 0 Å². The van der Waals surface area contributed by atoms with Crippen LogP contribution < -0.4 is 5.32 Å². The number of allylic oxidation sites excluding steroid dienone is 1. The molecule has 1 heterocycles. The highest BCUT2D eigenvalue weighted by Gasteiger charge is 2.23. The molecule has 1 aliphatic carbocycles. The fourth-order valence-electron chi connectivity index (χ4n) is 3.05. The van der Waals surface area contributed by atoms with Crippen molar-refractivity contribution >= 4 is 17.7 Å². The van der Waals surface area contributed by atoms with E-state index in [1.807, 2.05) is 30.3 Å². The third kappa shape index (κ3) is 4.77. The monoisotopic (exact) mass is 404 g/mol. The molecule has 1 amide bonds. The van der Waals surface area contributed by atoms with Gasteiger partial charge >= 0.3 is 0 Å². The number of nitrogens with one attached hydrogen (secondary N) is 1. The lowest BCUT2D eigenvalue weighted by atomic mass is 10.1. The highest BCUT2D eigenvalue weighted by atomic mass is 32.2. The van der Waals surface area contributed by atoms with E-state index in [1.54, 1.807) is 11.8 Å². The van der Waals surface area contributed by atoms with E-state index >= 15 is 0 Å². The Morgan fingerprint density at radius 3 is 2.76 bits per heavy atom. The molecule has 0 aliphatic heterocycles. The number of rotatable bonds is 8. The predicted molar refractivity (Wildman–Crippen MR) is 117 cm³/mol. The summed E-state index contributed by atoms with van der Waals surface area (Å²) in [5.41, 5.74) is 4.05. The number of carbonyl (C=O) groups excluding carboxylic acids is 1. The third-order valence-electron chi connectivity index (χ3n) is 4.81. The van der Waals surface area contributed by atoms with Crippen LogP contribution in [-0.2, 0) is 12.3 Å². The number of nitrogens with zero attached hydrogens (tertiary/aromatic N) is 3. The van der Waals surface area contributed by atoms with Crippen LogP contribution in [0, 0.1) is 6.92 Å². The number of aryl methyl sites for hydroxylation is 1. The average Bonchev–Trinajstić information content (AvgIpc) is 3.46. The van der Waals surface area contributed by atoms with Gasteiger partial charge in [0, 0.05) is 29.5 Å². The number of thioether (sulfide) groups is 1. The lowest BCUT2D eigenvalue weighted by Crippen LogP contribution is -2.25. The summed E-state index contributed by atoms with van der Waals surface area (Å²) in [6, 6.07) is 16.4. The van der Waals surface area contributed by atoms with E-state index in [0.717, 1.165) is 34.9 Å². The van der Waals surface area contributed by atoms with Gasteiger partial charge in [-0.15, -0.1) is 16.8 Å². The maximum Gasteiger partial charge on any atom is 0.251 e. The molecule has 1 fully saturated rings. The summed E-state index contributed by atoms with van der Waals surface area (Å²) >= 11 is 1.62. The van der Waals surface area contributed by atoms with E-state index < -0.39 is 0 Å². The molecule has 1 N–H and O–H groups in total. The average molecular weight is 405 g/mol. The zero-order chi connectivity index (χ0) is 20.2. The Bertz CT molecular complexity index is 1020. The molecule has 29 heavy (non-hydrogen) atoms. The summed E-state index contributed by atoms with van der Waals surface area (Å²) in [7, 11) is 0. The number of carbonyl (C=O) groups is 1. The molecule has 0 saturated heterocycles. The molecule has 1 aliphatic rings. The summed E-state index contributed by atoms with van der Waals surface area (Å²) in [5, 5.41) is 12.7. The lowest BCUT2D eigenvalue weighted by molar-refractivity contribution is 0.0951. The second kappa shape index (κ2) is 8.66. The predicted octanol–water partition coefficient (Wildman–Crippen LogP) is 4.62. The van der Waals surface area contributed by atoms with Gasteiger partial charge in [0.25, 0.3) is 5.91 Å². The zero-order valence-electron chi connectivity index (χ0n) is 16.5. The molecule has 5 nitrogen and oxygen atoms in total. The van der Waals surface area contributed by atoms with Crippen molar-refractivity contribution in [2.45, 2.75) is 43.3 Å². The number of hydrogen-bond acceptors (Lipinski definition) is 4. The Labute approximate surface area is 175 Å². The molecule has 0 unspecified atom stereocenters. The quantitative estimate of drug-likeness (QED) is 0.439. The first-order valence-electron chi connectivity index (χ1n) is 9.78. The van der Waals surface area contributed by atoms with E-state index in [-0.39, 0.29) is 5.91 Å². The zero-order valence-corrected chi connectivity index (χ0v) is 17.3. The first-order chi connectivity index (χ1) is 14.1. The second-order valence-corrected chi connectivity index (χ2v) is 8.25. The van der Waals surface area contributed by atoms with Gasteiger partial charge in [-0.25, -0.2) is 0 Å². The fourth-order valence-corrected chi connectivity index (χ4v) is 3.94. The number of aromatic nitrogens is 3. The highest BCUT2D eigenvalue weighted by Crippen LogP contribution is 2.27. The Kier molecular flexibility index (Phi) is 5.81. The molecule has 6 heteroatoms. The molecule has 1 saturated carbocycles. The Morgan fingerprint density at radius 2 is 2.03 bits per heavy atom. The first kappa shape index (κ1) is 19.5. The van der Waals surface area contributed by atoms with Crippen LogP contribution in [0.4, 0.5) is 0 Å². The summed E-state index contributed by atoms with van der Waals surface area (Å²) < 4.78 is 2.08. The number of benzene rings is 2. The lowest BCUT2D eigenvalue weighted by Gasteiger charge is -2.09. The van der Waals surface area contributed by atoms with Crippen LogP contribution in [0.25, 0.3) is 11.4 Å². The van der Waals surface area contributed by atoms with Crippen LogP contribution in [0.2, 0.25) is 0 Å². The van der Waals surface area contributed by atoms with Crippen molar-refractivity contribution in [2.75, 3.05) is 0 Å². The maximum absolute atomic E-state index is 12.3. The smallest absolute Gasteiger partial charge is 0.251 e. The third-order valence-corrected chi connectivity index (χ3v) is 5.85. The SMILES string of the molecule is C=CCn1c(SCc2cccc(C(=O)NC3CC3)c2)nnc1-c1ccc(C)cc1. The van der Waals surface area contributed by atoms with Gasteiger partial charge < -0.3 is 5.32 Å². The minimum absolute atomic E-state index is 0.0100. The Balaban J connectivity index is 1.50. The van der Waals surface area contributed by atoms with E-state index in [0.29, 0.717) is 23.9 Å². The first-order valence-corrected chi connectivity index (χ1v) is 10.8. The number of hydrogen-bond donors (Lipinski definition) is 1. The summed E-state index contributed by atoms with van der Waals surface area (Å²) in [5.74, 6) is 1.56. The van der Waals surface area contributed by atoms with Crippen LogP contribution in [-0.4, -0.2) is 26.7 Å². The van der Waals surface area contributed by atoms with Crippen LogP contribution in [0.5, 0.6) is 0 Å². The molecule has 0 atom stereocenters. The van der Waals surface area contributed by atoms with Crippen molar-refractivity contribution in [1.82, 2.24) is 20.1 Å². The van der Waals surface area contributed by atoms with Crippen LogP contribution in [0.1, 0.15) is 34.3 Å². The summed E-state index contributed by atoms with van der Waals surface area (Å²) in [6.45, 7) is 6.58. The maximum atomic E-state index is 12.3. The largest absolute Gasteiger partial charge is 0.349 e. The highest BCUT2D eigenvalue weighted by molar-refractivity contribution is 7.98. The van der Waals surface area contributed by atoms with Crippen molar-refractivity contribution in [2.24, 2.45) is 0 Å². The molecule has 0 bridgehead atoms. The molecule has 148 valence electrons. The van der Waals surface area contributed by atoms with Crippen LogP contribution in [0.15, 0.2) is 66.3 Å². The molecule has 4 rings (SSSR count). The van der Waals surface area contributed by atoms with Gasteiger partial charge in [-0.2, -0.15) is 0 Å². The second-order valence-electron chi connectivity index (χ2n) is 7.31. The molecule has 1 aromatic heterocycles. The van der Waals surface area contributed by atoms with Gasteiger partial charge in [-0.05, 0) is 37.5 Å². The minimum atomic E-state index is 0.0100. The summed E-state index contributed by atoms with van der Waals surface area (Å²) in [4.78, 5) is 12.3. The Hall–Kier alpha value is -2.86. The fraction of sp³-hybridized carbons (Fsp3) is 0.261. The Morgan fingerprint density at radius 1 is 1.24 bits per heavy atom. The summed E-state index contributed by atoms with van der Waals surface area (Å²) in [6.07, 6.45) is 4.03.